The fourth-order valence-corrected chi connectivity index (χ4v) is 3.04. The second-order valence-corrected chi connectivity index (χ2v) is 6.14. The van der Waals surface area contributed by atoms with Gasteiger partial charge >= 0.3 is 6.09 Å². The van der Waals surface area contributed by atoms with Gasteiger partial charge in [0.1, 0.15) is 3.57 Å². The van der Waals surface area contributed by atoms with E-state index in [1.54, 1.807) is 4.90 Å². The third-order valence-corrected chi connectivity index (χ3v) is 4.27. The van der Waals surface area contributed by atoms with E-state index in [4.69, 9.17) is 14.0 Å². The van der Waals surface area contributed by atoms with Crippen molar-refractivity contribution >= 4 is 28.7 Å². The topological polar surface area (TPSA) is 64.8 Å². The quantitative estimate of drug-likeness (QED) is 0.738. The monoisotopic (exact) mass is 394 g/mol. The lowest BCUT2D eigenvalue weighted by Gasteiger charge is -2.29. The molecule has 2 heterocycles. The predicted molar refractivity (Wildman–Crippen MR) is 80.9 cm³/mol. The second-order valence-electron chi connectivity index (χ2n) is 5.06. The number of carbonyl (C=O) groups excluding carboxylic acids is 1. The Morgan fingerprint density at radius 3 is 2.65 bits per heavy atom. The summed E-state index contributed by atoms with van der Waals surface area (Å²) in [5.41, 5.74) is 0. The molecule has 7 heteroatoms. The van der Waals surface area contributed by atoms with Crippen LogP contribution in [0, 0.1) is 3.57 Å². The summed E-state index contributed by atoms with van der Waals surface area (Å²) in [6, 6.07) is 0. The number of halogens is 1. The minimum Gasteiger partial charge on any atom is -0.472 e. The highest BCUT2D eigenvalue weighted by Crippen LogP contribution is 2.35. The van der Waals surface area contributed by atoms with Crippen LogP contribution in [-0.4, -0.2) is 42.5 Å². The maximum atomic E-state index is 11.4. The van der Waals surface area contributed by atoms with E-state index in [9.17, 15) is 4.79 Å². The number of carbonyl (C=O) groups is 1. The Bertz CT molecular complexity index is 467. The van der Waals surface area contributed by atoms with Crippen molar-refractivity contribution in [3.8, 4) is 5.88 Å². The van der Waals surface area contributed by atoms with Crippen molar-refractivity contribution in [1.29, 1.82) is 0 Å². The van der Waals surface area contributed by atoms with Crippen molar-refractivity contribution in [3.63, 3.8) is 0 Å². The molecule has 0 radical (unpaired) electrons. The number of likely N-dealkylation sites (tertiary alicyclic amines) is 1. The highest BCUT2D eigenvalue weighted by molar-refractivity contribution is 14.1. The van der Waals surface area contributed by atoms with Crippen LogP contribution < -0.4 is 4.74 Å². The van der Waals surface area contributed by atoms with Crippen molar-refractivity contribution in [2.24, 2.45) is 0 Å². The van der Waals surface area contributed by atoms with E-state index in [0.29, 0.717) is 19.0 Å². The van der Waals surface area contributed by atoms with E-state index in [1.807, 2.05) is 13.8 Å². The Morgan fingerprint density at radius 1 is 1.45 bits per heavy atom. The van der Waals surface area contributed by atoms with E-state index in [1.165, 1.54) is 7.11 Å². The van der Waals surface area contributed by atoms with Gasteiger partial charge in [0, 0.05) is 19.0 Å². The van der Waals surface area contributed by atoms with Crippen LogP contribution >= 0.6 is 22.6 Å². The molecule has 0 N–H and O–H groups in total. The standard InChI is InChI=1S/C13H19IN2O4/c1-8(2)19-12-10(14)11(20-15-12)9-4-6-16(7-5-9)13(17)18-3/h8-9H,4-7H2,1-3H3. The summed E-state index contributed by atoms with van der Waals surface area (Å²) in [6.07, 6.45) is 1.50. The number of amides is 1. The summed E-state index contributed by atoms with van der Waals surface area (Å²) in [5.74, 6) is 1.71. The summed E-state index contributed by atoms with van der Waals surface area (Å²) < 4.78 is 16.7. The van der Waals surface area contributed by atoms with Crippen LogP contribution in [0.3, 0.4) is 0 Å². The fraction of sp³-hybridized carbons (Fsp3) is 0.692. The van der Waals surface area contributed by atoms with Gasteiger partial charge < -0.3 is 18.9 Å². The molecule has 0 spiro atoms. The third kappa shape index (κ3) is 3.36. The number of rotatable bonds is 3. The molecule has 1 aromatic rings. The van der Waals surface area contributed by atoms with Crippen LogP contribution in [0.1, 0.15) is 38.4 Å². The summed E-state index contributed by atoms with van der Waals surface area (Å²) in [6.45, 7) is 5.27. The molecule has 0 atom stereocenters. The number of methoxy groups -OCH3 is 1. The Labute approximate surface area is 131 Å². The van der Waals surface area contributed by atoms with Gasteiger partial charge in [-0.25, -0.2) is 4.79 Å². The van der Waals surface area contributed by atoms with Gasteiger partial charge in [-0.1, -0.05) is 0 Å². The summed E-state index contributed by atoms with van der Waals surface area (Å²) in [5, 5.41) is 3.99. The first-order valence-electron chi connectivity index (χ1n) is 6.67. The number of nitrogens with zero attached hydrogens (tertiary/aromatic N) is 2. The molecule has 1 amide bonds. The minimum absolute atomic E-state index is 0.0719. The van der Waals surface area contributed by atoms with Crippen LogP contribution in [0.25, 0.3) is 0 Å². The molecule has 0 saturated carbocycles. The number of hydrogen-bond donors (Lipinski definition) is 0. The van der Waals surface area contributed by atoms with Crippen LogP contribution in [-0.2, 0) is 4.74 Å². The van der Waals surface area contributed by atoms with E-state index in [2.05, 4.69) is 27.7 Å². The Kier molecular flexibility index (Phi) is 5.11. The minimum atomic E-state index is -0.264. The lowest BCUT2D eigenvalue weighted by molar-refractivity contribution is 0.110. The molecular formula is C13H19IN2O4. The molecule has 20 heavy (non-hydrogen) atoms. The average molecular weight is 394 g/mol. The molecule has 1 aromatic heterocycles. The molecular weight excluding hydrogens is 375 g/mol. The normalized spacial score (nSPS) is 16.6. The fourth-order valence-electron chi connectivity index (χ4n) is 2.28. The zero-order valence-corrected chi connectivity index (χ0v) is 14.0. The molecule has 1 fully saturated rings. The van der Waals surface area contributed by atoms with Crippen LogP contribution in [0.2, 0.25) is 0 Å². The van der Waals surface area contributed by atoms with Gasteiger partial charge in [0.25, 0.3) is 5.88 Å². The molecule has 1 aliphatic heterocycles. The summed E-state index contributed by atoms with van der Waals surface area (Å²) >= 11 is 2.21. The molecule has 112 valence electrons. The Morgan fingerprint density at radius 2 is 2.10 bits per heavy atom. The predicted octanol–water partition coefficient (Wildman–Crippen LogP) is 3.01. The first-order valence-corrected chi connectivity index (χ1v) is 7.75. The van der Waals surface area contributed by atoms with Gasteiger partial charge in [0.05, 0.1) is 13.2 Å². The Hall–Kier alpha value is -0.990. The van der Waals surface area contributed by atoms with Crippen molar-refractivity contribution in [3.05, 3.63) is 9.33 Å². The summed E-state index contributed by atoms with van der Waals surface area (Å²) in [7, 11) is 1.41. The van der Waals surface area contributed by atoms with Gasteiger partial charge in [0.15, 0.2) is 5.76 Å². The zero-order valence-electron chi connectivity index (χ0n) is 11.9. The Balaban J connectivity index is 2.00. The molecule has 0 aromatic carbocycles. The van der Waals surface area contributed by atoms with Gasteiger partial charge in [-0.2, -0.15) is 0 Å². The lowest BCUT2D eigenvalue weighted by Crippen LogP contribution is -2.37. The molecule has 0 aliphatic carbocycles. The second kappa shape index (κ2) is 6.64. The molecule has 2 rings (SSSR count). The highest BCUT2D eigenvalue weighted by atomic mass is 127. The summed E-state index contributed by atoms with van der Waals surface area (Å²) in [4.78, 5) is 13.2. The van der Waals surface area contributed by atoms with Gasteiger partial charge in [-0.05, 0) is 54.4 Å². The molecule has 1 aliphatic rings. The maximum Gasteiger partial charge on any atom is 0.409 e. The zero-order chi connectivity index (χ0) is 14.7. The SMILES string of the molecule is COC(=O)N1CCC(c2onc(OC(C)C)c2I)CC1. The van der Waals surface area contributed by atoms with Crippen molar-refractivity contribution in [2.75, 3.05) is 20.2 Å². The van der Waals surface area contributed by atoms with Crippen molar-refractivity contribution < 1.29 is 18.8 Å². The van der Waals surface area contributed by atoms with Crippen LogP contribution in [0.5, 0.6) is 5.88 Å². The molecule has 1 saturated heterocycles. The number of aromatic nitrogens is 1. The maximum absolute atomic E-state index is 11.4. The van der Waals surface area contributed by atoms with E-state index in [0.717, 1.165) is 22.2 Å². The van der Waals surface area contributed by atoms with Crippen LogP contribution in [0.4, 0.5) is 4.79 Å². The van der Waals surface area contributed by atoms with E-state index < -0.39 is 0 Å². The smallest absolute Gasteiger partial charge is 0.409 e. The average Bonchev–Trinajstić information content (AvgIpc) is 2.79. The van der Waals surface area contributed by atoms with Gasteiger partial charge in [0.2, 0.25) is 0 Å². The third-order valence-electron chi connectivity index (χ3n) is 3.28. The van der Waals surface area contributed by atoms with Crippen LogP contribution in [0.15, 0.2) is 4.52 Å². The van der Waals surface area contributed by atoms with Gasteiger partial charge in [-0.15, -0.1) is 0 Å². The first kappa shape index (κ1) is 15.4. The van der Waals surface area contributed by atoms with Gasteiger partial charge in [-0.3, -0.25) is 0 Å². The molecule has 6 nitrogen and oxygen atoms in total. The highest BCUT2D eigenvalue weighted by Gasteiger charge is 2.29. The molecule has 0 bridgehead atoms. The van der Waals surface area contributed by atoms with Crippen molar-refractivity contribution in [2.45, 2.75) is 38.7 Å². The molecule has 0 unspecified atom stereocenters. The largest absolute Gasteiger partial charge is 0.472 e. The van der Waals surface area contributed by atoms with E-state index >= 15 is 0 Å². The van der Waals surface area contributed by atoms with Crippen molar-refractivity contribution in [1.82, 2.24) is 10.1 Å². The number of ether oxygens (including phenoxy) is 2. The van der Waals surface area contributed by atoms with E-state index in [-0.39, 0.29) is 18.1 Å². The lowest BCUT2D eigenvalue weighted by atomic mass is 9.94. The number of hydrogen-bond acceptors (Lipinski definition) is 5. The first-order chi connectivity index (χ1) is 9.52. The number of piperidine rings is 1.